The summed E-state index contributed by atoms with van der Waals surface area (Å²) in [5, 5.41) is 0. The number of carbonyl (C=O) groups excluding carboxylic acids is 2. The third kappa shape index (κ3) is 3.38. The lowest BCUT2D eigenvalue weighted by molar-refractivity contribution is -0.154. The van der Waals surface area contributed by atoms with Crippen LogP contribution in [0.2, 0.25) is 0 Å². The van der Waals surface area contributed by atoms with Gasteiger partial charge in [-0.2, -0.15) is 0 Å². The quantitative estimate of drug-likeness (QED) is 0.787. The van der Waals surface area contributed by atoms with Crippen molar-refractivity contribution in [1.82, 2.24) is 0 Å². The van der Waals surface area contributed by atoms with Gasteiger partial charge in [-0.3, -0.25) is 4.79 Å². The van der Waals surface area contributed by atoms with Crippen molar-refractivity contribution in [3.8, 4) is 5.75 Å². The predicted octanol–water partition coefficient (Wildman–Crippen LogP) is 1.96. The molecular formula is C15H16O5. The Morgan fingerprint density at radius 1 is 1.35 bits per heavy atom. The van der Waals surface area contributed by atoms with Crippen LogP contribution in [0.15, 0.2) is 30.3 Å². The predicted molar refractivity (Wildman–Crippen MR) is 72.1 cm³/mol. The molecule has 0 fully saturated rings. The molecule has 0 aromatic heterocycles. The number of carbonyl (C=O) groups is 2. The van der Waals surface area contributed by atoms with Crippen molar-refractivity contribution in [3.63, 3.8) is 0 Å². The summed E-state index contributed by atoms with van der Waals surface area (Å²) < 4.78 is 15.2. The molecule has 106 valence electrons. The van der Waals surface area contributed by atoms with Gasteiger partial charge in [0.05, 0.1) is 12.7 Å². The van der Waals surface area contributed by atoms with Crippen LogP contribution in [0.1, 0.15) is 18.9 Å². The van der Waals surface area contributed by atoms with Crippen LogP contribution in [-0.4, -0.2) is 31.8 Å². The molecule has 1 aromatic carbocycles. The third-order valence-corrected chi connectivity index (χ3v) is 2.95. The molecule has 1 heterocycles. The van der Waals surface area contributed by atoms with Crippen LogP contribution in [0.3, 0.4) is 0 Å². The summed E-state index contributed by atoms with van der Waals surface area (Å²) in [7, 11) is 1.59. The SMILES string of the molecule is COc1ccc(C2=CCC(COC(C)=O)OC2=O)cc1. The molecule has 0 spiro atoms. The Labute approximate surface area is 117 Å². The fraction of sp³-hybridized carbons (Fsp3) is 0.333. The highest BCUT2D eigenvalue weighted by molar-refractivity contribution is 6.17. The number of ether oxygens (including phenoxy) is 3. The van der Waals surface area contributed by atoms with Gasteiger partial charge in [0.25, 0.3) is 0 Å². The molecule has 0 N–H and O–H groups in total. The maximum atomic E-state index is 11.9. The largest absolute Gasteiger partial charge is 0.497 e. The van der Waals surface area contributed by atoms with E-state index in [1.165, 1.54) is 6.92 Å². The van der Waals surface area contributed by atoms with Crippen molar-refractivity contribution < 1.29 is 23.8 Å². The summed E-state index contributed by atoms with van der Waals surface area (Å²) in [6.07, 6.45) is 1.93. The first-order valence-corrected chi connectivity index (χ1v) is 6.29. The minimum Gasteiger partial charge on any atom is -0.497 e. The Bertz CT molecular complexity index is 530. The summed E-state index contributed by atoms with van der Waals surface area (Å²) in [6, 6.07) is 7.18. The van der Waals surface area contributed by atoms with Gasteiger partial charge in [-0.05, 0) is 17.7 Å². The van der Waals surface area contributed by atoms with Gasteiger partial charge in [-0.1, -0.05) is 18.2 Å². The maximum absolute atomic E-state index is 11.9. The van der Waals surface area contributed by atoms with Gasteiger partial charge in [0, 0.05) is 13.3 Å². The smallest absolute Gasteiger partial charge is 0.338 e. The Kier molecular flexibility index (Phi) is 4.40. The van der Waals surface area contributed by atoms with Gasteiger partial charge in [0.15, 0.2) is 0 Å². The first-order chi connectivity index (χ1) is 9.60. The molecule has 1 aliphatic heterocycles. The van der Waals surface area contributed by atoms with E-state index in [0.717, 1.165) is 11.3 Å². The monoisotopic (exact) mass is 276 g/mol. The number of benzene rings is 1. The zero-order valence-electron chi connectivity index (χ0n) is 11.4. The van der Waals surface area contributed by atoms with Gasteiger partial charge in [-0.25, -0.2) is 4.79 Å². The molecule has 1 aliphatic rings. The van der Waals surface area contributed by atoms with Crippen molar-refractivity contribution in [2.75, 3.05) is 13.7 Å². The van der Waals surface area contributed by atoms with Gasteiger partial charge in [-0.15, -0.1) is 0 Å². The van der Waals surface area contributed by atoms with E-state index in [1.54, 1.807) is 31.4 Å². The molecule has 0 radical (unpaired) electrons. The molecule has 1 atom stereocenters. The molecule has 5 nitrogen and oxygen atoms in total. The molecule has 0 amide bonds. The number of esters is 2. The second-order valence-corrected chi connectivity index (χ2v) is 4.41. The summed E-state index contributed by atoms with van der Waals surface area (Å²) in [5.74, 6) is -0.0594. The summed E-state index contributed by atoms with van der Waals surface area (Å²) in [5.41, 5.74) is 1.30. The average molecular weight is 276 g/mol. The van der Waals surface area contributed by atoms with Crippen LogP contribution < -0.4 is 4.74 Å². The second kappa shape index (κ2) is 6.23. The summed E-state index contributed by atoms with van der Waals surface area (Å²) in [4.78, 5) is 22.7. The van der Waals surface area contributed by atoms with Crippen LogP contribution in [0.4, 0.5) is 0 Å². The minimum absolute atomic E-state index is 0.0907. The Morgan fingerprint density at radius 3 is 2.60 bits per heavy atom. The lowest BCUT2D eigenvalue weighted by atomic mass is 10.0. The maximum Gasteiger partial charge on any atom is 0.338 e. The topological polar surface area (TPSA) is 61.8 Å². The Balaban J connectivity index is 2.05. The Morgan fingerprint density at radius 2 is 2.05 bits per heavy atom. The van der Waals surface area contributed by atoms with E-state index in [2.05, 4.69) is 0 Å². The molecule has 5 heteroatoms. The first-order valence-electron chi connectivity index (χ1n) is 6.29. The van der Waals surface area contributed by atoms with Crippen LogP contribution in [-0.2, 0) is 19.1 Å². The van der Waals surface area contributed by atoms with E-state index < -0.39 is 12.1 Å². The fourth-order valence-electron chi connectivity index (χ4n) is 1.91. The highest BCUT2D eigenvalue weighted by Gasteiger charge is 2.24. The number of rotatable bonds is 4. The number of hydrogen-bond acceptors (Lipinski definition) is 5. The molecular weight excluding hydrogens is 260 g/mol. The normalized spacial score (nSPS) is 18.0. The van der Waals surface area contributed by atoms with Crippen LogP contribution in [0.25, 0.3) is 5.57 Å². The molecule has 0 saturated heterocycles. The van der Waals surface area contributed by atoms with E-state index in [1.807, 2.05) is 6.08 Å². The van der Waals surface area contributed by atoms with Gasteiger partial charge in [0.1, 0.15) is 18.5 Å². The standard InChI is InChI=1S/C15H16O5/c1-10(16)19-9-13-7-8-14(15(17)20-13)11-3-5-12(18-2)6-4-11/h3-6,8,13H,7,9H2,1-2H3. The Hall–Kier alpha value is -2.30. The zero-order valence-corrected chi connectivity index (χ0v) is 11.4. The van der Waals surface area contributed by atoms with Crippen LogP contribution >= 0.6 is 0 Å². The number of methoxy groups -OCH3 is 1. The van der Waals surface area contributed by atoms with Gasteiger partial charge >= 0.3 is 11.9 Å². The van der Waals surface area contributed by atoms with E-state index in [-0.39, 0.29) is 12.6 Å². The first kappa shape index (κ1) is 14.1. The van der Waals surface area contributed by atoms with Crippen LogP contribution in [0, 0.1) is 0 Å². The second-order valence-electron chi connectivity index (χ2n) is 4.41. The fourth-order valence-corrected chi connectivity index (χ4v) is 1.91. The highest BCUT2D eigenvalue weighted by Crippen LogP contribution is 2.25. The molecule has 0 bridgehead atoms. The van der Waals surface area contributed by atoms with E-state index in [0.29, 0.717) is 12.0 Å². The van der Waals surface area contributed by atoms with E-state index >= 15 is 0 Å². The minimum atomic E-state index is -0.409. The number of hydrogen-bond donors (Lipinski definition) is 0. The van der Waals surface area contributed by atoms with E-state index in [4.69, 9.17) is 14.2 Å². The zero-order chi connectivity index (χ0) is 14.5. The van der Waals surface area contributed by atoms with E-state index in [9.17, 15) is 9.59 Å². The molecule has 2 rings (SSSR count). The van der Waals surface area contributed by atoms with Crippen molar-refractivity contribution >= 4 is 17.5 Å². The number of cyclic esters (lactones) is 1. The molecule has 1 unspecified atom stereocenters. The summed E-state index contributed by atoms with van der Waals surface area (Å²) >= 11 is 0. The lowest BCUT2D eigenvalue weighted by Crippen LogP contribution is -2.28. The van der Waals surface area contributed by atoms with Crippen LogP contribution in [0.5, 0.6) is 5.75 Å². The van der Waals surface area contributed by atoms with Crippen molar-refractivity contribution in [1.29, 1.82) is 0 Å². The van der Waals surface area contributed by atoms with Gasteiger partial charge < -0.3 is 14.2 Å². The van der Waals surface area contributed by atoms with Crippen molar-refractivity contribution in [2.45, 2.75) is 19.4 Å². The van der Waals surface area contributed by atoms with Crippen molar-refractivity contribution in [3.05, 3.63) is 35.9 Å². The highest BCUT2D eigenvalue weighted by atomic mass is 16.6. The molecule has 20 heavy (non-hydrogen) atoms. The van der Waals surface area contributed by atoms with Gasteiger partial charge in [0.2, 0.25) is 0 Å². The molecule has 0 saturated carbocycles. The lowest BCUT2D eigenvalue weighted by Gasteiger charge is -2.22. The van der Waals surface area contributed by atoms with Crippen molar-refractivity contribution in [2.24, 2.45) is 0 Å². The average Bonchev–Trinajstić information content (AvgIpc) is 2.45. The molecule has 1 aromatic rings. The third-order valence-electron chi connectivity index (χ3n) is 2.95. The molecule has 0 aliphatic carbocycles. The summed E-state index contributed by atoms with van der Waals surface area (Å²) in [6.45, 7) is 1.41.